The normalized spacial score (nSPS) is 18.3. The van der Waals surface area contributed by atoms with Crippen LogP contribution in [0.1, 0.15) is 36.8 Å². The quantitative estimate of drug-likeness (QED) is 0.840. The standard InChI is InChI=1S/C14H21NO2/c1-11-5-4-6-12(9-15)13(11)17-10-14(16)7-2-3-8-14/h4-6,16H,2-3,7-10,15H2,1H3. The Kier molecular flexibility index (Phi) is 3.69. The minimum Gasteiger partial charge on any atom is -0.490 e. The number of nitrogens with two attached hydrogens (primary N) is 1. The fourth-order valence-electron chi connectivity index (χ4n) is 2.46. The van der Waals surface area contributed by atoms with Crippen LogP contribution in [0.2, 0.25) is 0 Å². The van der Waals surface area contributed by atoms with E-state index in [4.69, 9.17) is 10.5 Å². The highest BCUT2D eigenvalue weighted by Gasteiger charge is 2.32. The zero-order chi connectivity index (χ0) is 12.3. The summed E-state index contributed by atoms with van der Waals surface area (Å²) in [5.41, 5.74) is 7.15. The molecule has 0 amide bonds. The lowest BCUT2D eigenvalue weighted by Gasteiger charge is -2.23. The number of ether oxygens (including phenoxy) is 1. The molecule has 3 N–H and O–H groups in total. The molecule has 0 unspecified atom stereocenters. The molecule has 1 aromatic carbocycles. The second kappa shape index (κ2) is 5.07. The van der Waals surface area contributed by atoms with Crippen molar-refractivity contribution in [3.63, 3.8) is 0 Å². The third kappa shape index (κ3) is 2.79. The van der Waals surface area contributed by atoms with E-state index in [-0.39, 0.29) is 0 Å². The van der Waals surface area contributed by atoms with Gasteiger partial charge in [0.1, 0.15) is 12.4 Å². The minimum absolute atomic E-state index is 0.380. The molecule has 0 bridgehead atoms. The van der Waals surface area contributed by atoms with Crippen molar-refractivity contribution < 1.29 is 9.84 Å². The van der Waals surface area contributed by atoms with Gasteiger partial charge in [0, 0.05) is 12.1 Å². The molecular formula is C14H21NO2. The number of hydrogen-bond donors (Lipinski definition) is 2. The van der Waals surface area contributed by atoms with Gasteiger partial charge in [-0.1, -0.05) is 31.0 Å². The highest BCUT2D eigenvalue weighted by Crippen LogP contribution is 2.31. The molecule has 3 nitrogen and oxygen atoms in total. The summed E-state index contributed by atoms with van der Waals surface area (Å²) in [5, 5.41) is 10.3. The topological polar surface area (TPSA) is 55.5 Å². The van der Waals surface area contributed by atoms with Crippen LogP contribution < -0.4 is 10.5 Å². The van der Waals surface area contributed by atoms with Crippen molar-refractivity contribution in [2.24, 2.45) is 5.73 Å². The van der Waals surface area contributed by atoms with Gasteiger partial charge >= 0.3 is 0 Å². The molecule has 1 aliphatic carbocycles. The maximum absolute atomic E-state index is 10.3. The zero-order valence-electron chi connectivity index (χ0n) is 10.4. The van der Waals surface area contributed by atoms with Crippen LogP contribution in [0.25, 0.3) is 0 Å². The molecule has 94 valence electrons. The second-order valence-corrected chi connectivity index (χ2v) is 4.99. The summed E-state index contributed by atoms with van der Waals surface area (Å²) >= 11 is 0. The van der Waals surface area contributed by atoms with Gasteiger partial charge in [0.05, 0.1) is 5.60 Å². The minimum atomic E-state index is -0.631. The summed E-state index contributed by atoms with van der Waals surface area (Å²) in [7, 11) is 0. The van der Waals surface area contributed by atoms with Crippen LogP contribution in [0.15, 0.2) is 18.2 Å². The predicted molar refractivity (Wildman–Crippen MR) is 68.0 cm³/mol. The monoisotopic (exact) mass is 235 g/mol. The third-order valence-electron chi connectivity index (χ3n) is 3.53. The molecule has 0 saturated heterocycles. The van der Waals surface area contributed by atoms with Crippen LogP contribution in [0.4, 0.5) is 0 Å². The highest BCUT2D eigenvalue weighted by molar-refractivity contribution is 5.40. The fourth-order valence-corrected chi connectivity index (χ4v) is 2.46. The first-order valence-corrected chi connectivity index (χ1v) is 6.28. The SMILES string of the molecule is Cc1cccc(CN)c1OCC1(O)CCCC1. The van der Waals surface area contributed by atoms with Gasteiger partial charge in [-0.25, -0.2) is 0 Å². The van der Waals surface area contributed by atoms with Gasteiger partial charge in [-0.15, -0.1) is 0 Å². The van der Waals surface area contributed by atoms with Gasteiger partial charge in [-0.3, -0.25) is 0 Å². The summed E-state index contributed by atoms with van der Waals surface area (Å²) < 4.78 is 5.82. The molecule has 0 aliphatic heterocycles. The van der Waals surface area contributed by atoms with E-state index in [1.54, 1.807) is 0 Å². The molecule has 0 heterocycles. The molecule has 2 rings (SSSR count). The summed E-state index contributed by atoms with van der Waals surface area (Å²) in [5.74, 6) is 0.843. The number of rotatable bonds is 4. The summed E-state index contributed by atoms with van der Waals surface area (Å²) in [6.07, 6.45) is 3.88. The van der Waals surface area contributed by atoms with Crippen LogP contribution in [0.3, 0.4) is 0 Å². The first-order chi connectivity index (χ1) is 8.14. The van der Waals surface area contributed by atoms with Gasteiger partial charge in [0.2, 0.25) is 0 Å². The van der Waals surface area contributed by atoms with Gasteiger partial charge in [0.25, 0.3) is 0 Å². The smallest absolute Gasteiger partial charge is 0.126 e. The highest BCUT2D eigenvalue weighted by atomic mass is 16.5. The molecule has 0 aromatic heterocycles. The van der Waals surface area contributed by atoms with E-state index >= 15 is 0 Å². The summed E-state index contributed by atoms with van der Waals surface area (Å²) in [6, 6.07) is 5.96. The van der Waals surface area contributed by atoms with Crippen molar-refractivity contribution in [2.45, 2.75) is 44.8 Å². The summed E-state index contributed by atoms with van der Waals surface area (Å²) in [4.78, 5) is 0. The van der Waals surface area contributed by atoms with Crippen molar-refractivity contribution in [2.75, 3.05) is 6.61 Å². The van der Waals surface area contributed by atoms with Crippen LogP contribution in [-0.4, -0.2) is 17.3 Å². The Balaban J connectivity index is 2.08. The average molecular weight is 235 g/mol. The fraction of sp³-hybridized carbons (Fsp3) is 0.571. The Bertz CT molecular complexity index is 384. The molecule has 1 aliphatic rings. The molecule has 0 radical (unpaired) electrons. The number of para-hydroxylation sites is 1. The summed E-state index contributed by atoms with van der Waals surface area (Å²) in [6.45, 7) is 2.85. The lowest BCUT2D eigenvalue weighted by molar-refractivity contribution is 0.000955. The van der Waals surface area contributed by atoms with Gasteiger partial charge < -0.3 is 15.6 Å². The molecule has 1 aromatic rings. The number of benzene rings is 1. The average Bonchev–Trinajstić information content (AvgIpc) is 2.75. The molecular weight excluding hydrogens is 214 g/mol. The maximum atomic E-state index is 10.3. The Labute approximate surface area is 103 Å². The van der Waals surface area contributed by atoms with Crippen LogP contribution in [0.5, 0.6) is 5.75 Å². The van der Waals surface area contributed by atoms with E-state index in [0.717, 1.165) is 42.6 Å². The van der Waals surface area contributed by atoms with Crippen LogP contribution in [0, 0.1) is 6.92 Å². The van der Waals surface area contributed by atoms with Crippen molar-refractivity contribution in [1.82, 2.24) is 0 Å². The van der Waals surface area contributed by atoms with Crippen molar-refractivity contribution >= 4 is 0 Å². The van der Waals surface area contributed by atoms with E-state index in [0.29, 0.717) is 13.2 Å². The van der Waals surface area contributed by atoms with E-state index in [1.807, 2.05) is 25.1 Å². The number of hydrogen-bond acceptors (Lipinski definition) is 3. The van der Waals surface area contributed by atoms with E-state index in [1.165, 1.54) is 0 Å². The molecule has 1 saturated carbocycles. The van der Waals surface area contributed by atoms with Crippen molar-refractivity contribution in [1.29, 1.82) is 0 Å². The number of aryl methyl sites for hydroxylation is 1. The molecule has 3 heteroatoms. The first-order valence-electron chi connectivity index (χ1n) is 6.28. The van der Waals surface area contributed by atoms with Crippen LogP contribution >= 0.6 is 0 Å². The van der Waals surface area contributed by atoms with Crippen molar-refractivity contribution in [3.05, 3.63) is 29.3 Å². The lowest BCUT2D eigenvalue weighted by atomic mass is 10.0. The molecule has 17 heavy (non-hydrogen) atoms. The van der Waals surface area contributed by atoms with Gasteiger partial charge in [-0.05, 0) is 25.3 Å². The van der Waals surface area contributed by atoms with E-state index in [9.17, 15) is 5.11 Å². The molecule has 0 atom stereocenters. The first kappa shape index (κ1) is 12.4. The zero-order valence-corrected chi connectivity index (χ0v) is 10.4. The van der Waals surface area contributed by atoms with E-state index < -0.39 is 5.60 Å². The Morgan fingerprint density at radius 3 is 2.71 bits per heavy atom. The van der Waals surface area contributed by atoms with Gasteiger partial charge in [-0.2, -0.15) is 0 Å². The number of aliphatic hydroxyl groups is 1. The third-order valence-corrected chi connectivity index (χ3v) is 3.53. The predicted octanol–water partition coefficient (Wildman–Crippen LogP) is 2.14. The second-order valence-electron chi connectivity index (χ2n) is 4.99. The van der Waals surface area contributed by atoms with Crippen molar-refractivity contribution in [3.8, 4) is 5.75 Å². The Hall–Kier alpha value is -1.06. The Morgan fingerprint density at radius 1 is 1.35 bits per heavy atom. The maximum Gasteiger partial charge on any atom is 0.126 e. The lowest BCUT2D eigenvalue weighted by Crippen LogP contribution is -2.32. The van der Waals surface area contributed by atoms with E-state index in [2.05, 4.69) is 0 Å². The Morgan fingerprint density at radius 2 is 2.06 bits per heavy atom. The van der Waals surface area contributed by atoms with Gasteiger partial charge in [0.15, 0.2) is 0 Å². The largest absolute Gasteiger partial charge is 0.490 e. The molecule has 1 fully saturated rings. The van der Waals surface area contributed by atoms with Crippen LogP contribution in [-0.2, 0) is 6.54 Å². The molecule has 0 spiro atoms.